The molecule has 0 saturated heterocycles. The largest absolute Gasteiger partial charge is 0.394 e. The molecule has 0 aromatic rings. The lowest BCUT2D eigenvalue weighted by Crippen LogP contribution is -2.50. The summed E-state index contributed by atoms with van der Waals surface area (Å²) in [4.78, 5) is 12.3. The molecule has 4 N–H and O–H groups in total. The predicted octanol–water partition coefficient (Wildman–Crippen LogP) is 7.75. The van der Waals surface area contributed by atoms with E-state index in [9.17, 15) is 20.1 Å². The molecule has 0 aliphatic heterocycles. The second kappa shape index (κ2) is 28.1. The summed E-state index contributed by atoms with van der Waals surface area (Å²) in [6.45, 7) is 4.10. The minimum absolute atomic E-state index is 0.154. The van der Waals surface area contributed by atoms with Crippen molar-refractivity contribution in [1.82, 2.24) is 5.32 Å². The maximum absolute atomic E-state index is 12.3. The van der Waals surface area contributed by atoms with Crippen LogP contribution >= 0.6 is 0 Å². The molecular formula is C32H63NO4. The van der Waals surface area contributed by atoms with Gasteiger partial charge >= 0.3 is 0 Å². The zero-order valence-corrected chi connectivity index (χ0v) is 24.6. The van der Waals surface area contributed by atoms with Crippen LogP contribution in [0.3, 0.4) is 0 Å². The Morgan fingerprint density at radius 3 is 1.59 bits per heavy atom. The van der Waals surface area contributed by atoms with E-state index in [-0.39, 0.29) is 12.5 Å². The minimum Gasteiger partial charge on any atom is -0.394 e. The molecule has 0 heterocycles. The summed E-state index contributed by atoms with van der Waals surface area (Å²) < 4.78 is 0. The minimum atomic E-state index is -1.13. The first-order valence-electron chi connectivity index (χ1n) is 16.0. The van der Waals surface area contributed by atoms with Gasteiger partial charge in [-0.1, -0.05) is 129 Å². The molecule has 1 amide bonds. The Labute approximate surface area is 229 Å². The zero-order chi connectivity index (χ0) is 27.4. The Morgan fingerprint density at radius 2 is 1.08 bits per heavy atom. The topological polar surface area (TPSA) is 89.8 Å². The molecule has 5 heteroatoms. The molecule has 0 rings (SSSR count). The van der Waals surface area contributed by atoms with Gasteiger partial charge in [0.15, 0.2) is 0 Å². The average molecular weight is 526 g/mol. The standard InChI is InChI=1S/C32H63NO4/c1-3-5-7-9-11-13-14-15-16-17-18-19-21-23-25-27-31(36)33-29(28-34)32(37)30(35)26-24-22-20-12-10-8-6-4-2/h13-14,29-30,32,34-35,37H,3-12,15-28H2,1-2H3,(H,33,36)/b14-13-. The first-order chi connectivity index (χ1) is 18.1. The molecule has 5 nitrogen and oxygen atoms in total. The first kappa shape index (κ1) is 36.1. The average Bonchev–Trinajstić information content (AvgIpc) is 2.90. The summed E-state index contributed by atoms with van der Waals surface area (Å²) in [5, 5.41) is 33.0. The van der Waals surface area contributed by atoms with Gasteiger partial charge in [-0.05, 0) is 38.5 Å². The van der Waals surface area contributed by atoms with Crippen molar-refractivity contribution in [3.63, 3.8) is 0 Å². The van der Waals surface area contributed by atoms with Crippen molar-refractivity contribution in [3.05, 3.63) is 12.2 Å². The Kier molecular flexibility index (Phi) is 27.4. The number of amides is 1. The van der Waals surface area contributed by atoms with Crippen LogP contribution in [0.4, 0.5) is 0 Å². The van der Waals surface area contributed by atoms with Crippen molar-refractivity contribution in [3.8, 4) is 0 Å². The normalized spacial score (nSPS) is 14.2. The smallest absolute Gasteiger partial charge is 0.220 e. The Hall–Kier alpha value is -0.910. The zero-order valence-electron chi connectivity index (χ0n) is 24.6. The van der Waals surface area contributed by atoms with E-state index < -0.39 is 18.2 Å². The van der Waals surface area contributed by atoms with Crippen molar-refractivity contribution >= 4 is 5.91 Å². The third-order valence-corrected chi connectivity index (χ3v) is 7.37. The Bertz CT molecular complexity index is 511. The van der Waals surface area contributed by atoms with Crippen molar-refractivity contribution in [2.75, 3.05) is 6.61 Å². The Morgan fingerprint density at radius 1 is 0.649 bits per heavy atom. The van der Waals surface area contributed by atoms with Crippen LogP contribution in [-0.4, -0.2) is 46.1 Å². The number of allylic oxidation sites excluding steroid dienone is 2. The van der Waals surface area contributed by atoms with Gasteiger partial charge in [-0.2, -0.15) is 0 Å². The van der Waals surface area contributed by atoms with Crippen molar-refractivity contribution in [2.24, 2.45) is 0 Å². The lowest BCUT2D eigenvalue weighted by molar-refractivity contribution is -0.124. The van der Waals surface area contributed by atoms with E-state index >= 15 is 0 Å². The summed E-state index contributed by atoms with van der Waals surface area (Å²) in [5.41, 5.74) is 0. The molecule has 0 aromatic heterocycles. The molecule has 0 spiro atoms. The van der Waals surface area contributed by atoms with Crippen LogP contribution in [0.2, 0.25) is 0 Å². The van der Waals surface area contributed by atoms with Gasteiger partial charge in [0.05, 0.1) is 18.8 Å². The van der Waals surface area contributed by atoms with Gasteiger partial charge in [0.25, 0.3) is 0 Å². The SMILES string of the molecule is CCCCCC/C=C\CCCCCCCCCC(=O)NC(CO)C(O)C(O)CCCCCCCCCC. The molecule has 0 aromatic carbocycles. The number of unbranched alkanes of at least 4 members (excludes halogenated alkanes) is 18. The van der Waals surface area contributed by atoms with Crippen LogP contribution in [0, 0.1) is 0 Å². The fraction of sp³-hybridized carbons (Fsp3) is 0.906. The molecule has 0 fully saturated rings. The van der Waals surface area contributed by atoms with E-state index in [4.69, 9.17) is 0 Å². The summed E-state index contributed by atoms with van der Waals surface area (Å²) in [5.74, 6) is -0.154. The van der Waals surface area contributed by atoms with Gasteiger partial charge in [0, 0.05) is 6.42 Å². The van der Waals surface area contributed by atoms with E-state index in [0.717, 1.165) is 38.5 Å². The highest BCUT2D eigenvalue weighted by atomic mass is 16.3. The third-order valence-electron chi connectivity index (χ3n) is 7.37. The van der Waals surface area contributed by atoms with E-state index in [1.807, 2.05) is 0 Å². The number of carbonyl (C=O) groups is 1. The maximum atomic E-state index is 12.3. The van der Waals surface area contributed by atoms with Crippen LogP contribution in [-0.2, 0) is 4.79 Å². The number of aliphatic hydroxyl groups is 3. The lowest BCUT2D eigenvalue weighted by atomic mass is 9.99. The fourth-order valence-electron chi connectivity index (χ4n) is 4.80. The van der Waals surface area contributed by atoms with E-state index in [2.05, 4.69) is 31.3 Å². The second-order valence-electron chi connectivity index (χ2n) is 11.0. The number of nitrogens with one attached hydrogen (secondary N) is 1. The Balaban J connectivity index is 3.72. The molecule has 0 bridgehead atoms. The van der Waals surface area contributed by atoms with Gasteiger partial charge in [-0.25, -0.2) is 0 Å². The molecule has 37 heavy (non-hydrogen) atoms. The van der Waals surface area contributed by atoms with Gasteiger partial charge in [0.2, 0.25) is 5.91 Å². The van der Waals surface area contributed by atoms with Gasteiger partial charge in [-0.3, -0.25) is 4.79 Å². The van der Waals surface area contributed by atoms with Crippen LogP contribution in [0.5, 0.6) is 0 Å². The summed E-state index contributed by atoms with van der Waals surface area (Å²) in [6.07, 6.45) is 28.7. The van der Waals surface area contributed by atoms with Crippen molar-refractivity contribution < 1.29 is 20.1 Å². The number of rotatable bonds is 28. The predicted molar refractivity (Wildman–Crippen MR) is 158 cm³/mol. The van der Waals surface area contributed by atoms with E-state index in [1.165, 1.54) is 96.3 Å². The summed E-state index contributed by atoms with van der Waals surface area (Å²) in [7, 11) is 0. The maximum Gasteiger partial charge on any atom is 0.220 e. The molecule has 3 unspecified atom stereocenters. The summed E-state index contributed by atoms with van der Waals surface area (Å²) in [6, 6.07) is -0.804. The highest BCUT2D eigenvalue weighted by Crippen LogP contribution is 2.14. The molecule has 0 aliphatic carbocycles. The third kappa shape index (κ3) is 23.9. The molecule has 0 aliphatic rings. The molecule has 0 radical (unpaired) electrons. The first-order valence-corrected chi connectivity index (χ1v) is 16.0. The molecular weight excluding hydrogens is 462 g/mol. The van der Waals surface area contributed by atoms with Gasteiger partial charge in [-0.15, -0.1) is 0 Å². The number of carbonyl (C=O) groups excluding carboxylic acids is 1. The monoisotopic (exact) mass is 525 g/mol. The van der Waals surface area contributed by atoms with Gasteiger partial charge in [0.1, 0.15) is 6.10 Å². The van der Waals surface area contributed by atoms with Crippen LogP contribution in [0.25, 0.3) is 0 Å². The number of hydrogen-bond acceptors (Lipinski definition) is 4. The fourth-order valence-corrected chi connectivity index (χ4v) is 4.80. The van der Waals surface area contributed by atoms with Crippen LogP contribution in [0.15, 0.2) is 12.2 Å². The molecule has 0 saturated carbocycles. The highest BCUT2D eigenvalue weighted by Gasteiger charge is 2.26. The molecule has 220 valence electrons. The van der Waals surface area contributed by atoms with Gasteiger partial charge < -0.3 is 20.6 Å². The van der Waals surface area contributed by atoms with Crippen LogP contribution < -0.4 is 5.32 Å². The van der Waals surface area contributed by atoms with Crippen LogP contribution in [0.1, 0.15) is 162 Å². The number of hydrogen-bond donors (Lipinski definition) is 4. The van der Waals surface area contributed by atoms with E-state index in [0.29, 0.717) is 12.8 Å². The summed E-state index contributed by atoms with van der Waals surface area (Å²) >= 11 is 0. The highest BCUT2D eigenvalue weighted by molar-refractivity contribution is 5.76. The van der Waals surface area contributed by atoms with E-state index in [1.54, 1.807) is 0 Å². The number of aliphatic hydroxyl groups excluding tert-OH is 3. The quantitative estimate of drug-likeness (QED) is 0.0621. The van der Waals surface area contributed by atoms with Crippen molar-refractivity contribution in [1.29, 1.82) is 0 Å². The molecule has 3 atom stereocenters. The van der Waals surface area contributed by atoms with Crippen molar-refractivity contribution in [2.45, 2.75) is 180 Å². The lowest BCUT2D eigenvalue weighted by Gasteiger charge is -2.26. The second-order valence-corrected chi connectivity index (χ2v) is 11.0.